The Morgan fingerprint density at radius 2 is 1.71 bits per heavy atom. The highest BCUT2D eigenvalue weighted by molar-refractivity contribution is 8.13. The van der Waals surface area contributed by atoms with Crippen LogP contribution in [0.25, 0.3) is 10.9 Å². The zero-order valence-electron chi connectivity index (χ0n) is 20.5. The van der Waals surface area contributed by atoms with Crippen LogP contribution in [0, 0.1) is 0 Å². The lowest BCUT2D eigenvalue weighted by molar-refractivity contribution is -0.119. The van der Waals surface area contributed by atoms with Crippen molar-refractivity contribution in [2.45, 2.75) is 39.0 Å². The molecule has 0 unspecified atom stereocenters. The van der Waals surface area contributed by atoms with Crippen LogP contribution < -0.4 is 14.4 Å². The van der Waals surface area contributed by atoms with Crippen molar-refractivity contribution in [2.24, 2.45) is 4.99 Å². The molecular weight excluding hydrogens is 454 g/mol. The van der Waals surface area contributed by atoms with Crippen LogP contribution in [0.5, 0.6) is 11.5 Å². The van der Waals surface area contributed by atoms with Gasteiger partial charge in [0.2, 0.25) is 0 Å². The maximum Gasteiger partial charge on any atom is 0.166 e. The van der Waals surface area contributed by atoms with Gasteiger partial charge in [-0.2, -0.15) is 0 Å². The quantitative estimate of drug-likeness (QED) is 0.466. The highest BCUT2D eigenvalue weighted by Gasteiger charge is 2.30. The summed E-state index contributed by atoms with van der Waals surface area (Å²) in [6, 6.07) is 4.36. The lowest BCUT2D eigenvalue weighted by atomic mass is 10.0. The summed E-state index contributed by atoms with van der Waals surface area (Å²) < 4.78 is 22.4. The maximum absolute atomic E-state index is 5.70. The Morgan fingerprint density at radius 3 is 2.38 bits per heavy atom. The molecule has 4 rings (SSSR count). The van der Waals surface area contributed by atoms with Gasteiger partial charge in [-0.3, -0.25) is 4.99 Å². The highest BCUT2D eigenvalue weighted by atomic mass is 32.2. The molecule has 0 radical (unpaired) electrons. The number of rotatable bonds is 10. The van der Waals surface area contributed by atoms with E-state index < -0.39 is 0 Å². The van der Waals surface area contributed by atoms with Crippen molar-refractivity contribution >= 4 is 33.7 Å². The van der Waals surface area contributed by atoms with Crippen LogP contribution in [0.3, 0.4) is 0 Å². The average molecular weight is 490 g/mol. The maximum atomic E-state index is 5.70. The molecule has 9 nitrogen and oxygen atoms in total. The van der Waals surface area contributed by atoms with E-state index in [1.807, 2.05) is 26.0 Å². The molecule has 0 atom stereocenters. The number of hydrogen-bond donors (Lipinski definition) is 0. The van der Waals surface area contributed by atoms with Gasteiger partial charge in [-0.05, 0) is 32.8 Å². The van der Waals surface area contributed by atoms with E-state index in [1.54, 1.807) is 32.3 Å². The molecule has 1 aromatic heterocycles. The number of anilines is 1. The first-order valence-corrected chi connectivity index (χ1v) is 13.0. The Bertz CT molecular complexity index is 977. The molecule has 2 aliphatic heterocycles. The summed E-state index contributed by atoms with van der Waals surface area (Å²) in [5.74, 6) is 3.07. The van der Waals surface area contributed by atoms with Gasteiger partial charge in [-0.15, -0.1) is 0 Å². The first-order valence-electron chi connectivity index (χ1n) is 12.0. The third-order valence-electron chi connectivity index (χ3n) is 6.21. The third-order valence-corrected chi connectivity index (χ3v) is 7.27. The second kappa shape index (κ2) is 11.9. The SMILES string of the molecule is CCOC(CSC1=NCCN1C1CCN(c2ncnc3cc(OC)c(OC)cc23)CC1)OCC. The Hall–Kier alpha value is -2.30. The summed E-state index contributed by atoms with van der Waals surface area (Å²) in [5.41, 5.74) is 0.855. The van der Waals surface area contributed by atoms with E-state index in [0.717, 1.165) is 66.7 Å². The van der Waals surface area contributed by atoms with Gasteiger partial charge in [-0.25, -0.2) is 9.97 Å². The van der Waals surface area contributed by atoms with Gasteiger partial charge in [0.1, 0.15) is 12.1 Å². The Balaban J connectivity index is 1.40. The minimum Gasteiger partial charge on any atom is -0.493 e. The van der Waals surface area contributed by atoms with E-state index in [4.69, 9.17) is 23.9 Å². The van der Waals surface area contributed by atoms with E-state index in [9.17, 15) is 0 Å². The minimum atomic E-state index is -0.186. The van der Waals surface area contributed by atoms with Crippen molar-refractivity contribution in [3.63, 3.8) is 0 Å². The number of hydrogen-bond acceptors (Lipinski definition) is 10. The fraction of sp³-hybridized carbons (Fsp3) is 0.625. The van der Waals surface area contributed by atoms with Crippen molar-refractivity contribution < 1.29 is 18.9 Å². The number of aliphatic imine (C=N–C) groups is 1. The predicted molar refractivity (Wildman–Crippen MR) is 136 cm³/mol. The van der Waals surface area contributed by atoms with Crippen molar-refractivity contribution in [1.82, 2.24) is 14.9 Å². The Kier molecular flexibility index (Phi) is 8.69. The summed E-state index contributed by atoms with van der Waals surface area (Å²) in [5, 5.41) is 2.10. The first-order chi connectivity index (χ1) is 16.7. The molecule has 1 aromatic carbocycles. The van der Waals surface area contributed by atoms with E-state index in [0.29, 0.717) is 30.8 Å². The molecule has 186 valence electrons. The number of aromatic nitrogens is 2. The summed E-state index contributed by atoms with van der Waals surface area (Å²) in [6.07, 6.45) is 3.55. The summed E-state index contributed by atoms with van der Waals surface area (Å²) in [6.45, 7) is 8.99. The van der Waals surface area contributed by atoms with Crippen LogP contribution in [0.1, 0.15) is 26.7 Å². The van der Waals surface area contributed by atoms with Crippen LogP contribution in [0.2, 0.25) is 0 Å². The highest BCUT2D eigenvalue weighted by Crippen LogP contribution is 2.36. The molecule has 1 saturated heterocycles. The number of benzene rings is 1. The molecule has 0 spiro atoms. The fourth-order valence-corrected chi connectivity index (χ4v) is 5.64. The number of amidine groups is 1. The fourth-order valence-electron chi connectivity index (χ4n) is 4.58. The van der Waals surface area contributed by atoms with Crippen molar-refractivity contribution in [3.8, 4) is 11.5 Å². The molecule has 2 aliphatic rings. The molecule has 0 amide bonds. The Labute approximate surface area is 205 Å². The van der Waals surface area contributed by atoms with Crippen LogP contribution >= 0.6 is 11.8 Å². The monoisotopic (exact) mass is 489 g/mol. The van der Waals surface area contributed by atoms with Gasteiger partial charge in [0, 0.05) is 50.3 Å². The van der Waals surface area contributed by atoms with Gasteiger partial charge in [0.25, 0.3) is 0 Å². The second-order valence-electron chi connectivity index (χ2n) is 8.15. The molecule has 34 heavy (non-hydrogen) atoms. The van der Waals surface area contributed by atoms with Crippen LogP contribution in [-0.2, 0) is 9.47 Å². The van der Waals surface area contributed by atoms with Crippen molar-refractivity contribution in [2.75, 3.05) is 64.3 Å². The number of thioether (sulfide) groups is 1. The largest absolute Gasteiger partial charge is 0.493 e. The zero-order valence-corrected chi connectivity index (χ0v) is 21.3. The molecule has 0 aliphatic carbocycles. The number of nitrogens with zero attached hydrogens (tertiary/aromatic N) is 5. The number of methoxy groups -OCH3 is 2. The van der Waals surface area contributed by atoms with E-state index in [1.165, 1.54) is 0 Å². The molecule has 10 heteroatoms. The number of ether oxygens (including phenoxy) is 4. The van der Waals surface area contributed by atoms with Crippen LogP contribution in [0.15, 0.2) is 23.5 Å². The van der Waals surface area contributed by atoms with E-state index >= 15 is 0 Å². The lowest BCUT2D eigenvalue weighted by Crippen LogP contribution is -2.46. The van der Waals surface area contributed by atoms with Crippen molar-refractivity contribution in [3.05, 3.63) is 18.5 Å². The van der Waals surface area contributed by atoms with E-state index in [2.05, 4.69) is 19.8 Å². The number of fused-ring (bicyclic) bond motifs is 1. The molecule has 0 N–H and O–H groups in total. The standard InChI is InChI=1S/C24H35N5O4S/c1-5-32-22(33-6-2)15-34-24-25-9-12-29(24)17-7-10-28(11-8-17)23-18-13-20(30-3)21(31-4)14-19(18)26-16-27-23/h13-14,16-17,22H,5-12,15H2,1-4H3. The van der Waals surface area contributed by atoms with Crippen molar-refractivity contribution in [1.29, 1.82) is 0 Å². The molecule has 1 fully saturated rings. The molecule has 2 aromatic rings. The molecular formula is C24H35N5O4S. The first kappa shape index (κ1) is 24.8. The smallest absolute Gasteiger partial charge is 0.166 e. The molecule has 3 heterocycles. The average Bonchev–Trinajstić information content (AvgIpc) is 3.35. The van der Waals surface area contributed by atoms with Gasteiger partial charge >= 0.3 is 0 Å². The lowest BCUT2D eigenvalue weighted by Gasteiger charge is -2.38. The second-order valence-corrected chi connectivity index (χ2v) is 9.14. The zero-order chi connectivity index (χ0) is 23.9. The van der Waals surface area contributed by atoms with Gasteiger partial charge < -0.3 is 28.7 Å². The van der Waals surface area contributed by atoms with E-state index in [-0.39, 0.29) is 6.29 Å². The molecule has 0 saturated carbocycles. The minimum absolute atomic E-state index is 0.186. The normalized spacial score (nSPS) is 17.0. The summed E-state index contributed by atoms with van der Waals surface area (Å²) in [7, 11) is 3.29. The van der Waals surface area contributed by atoms with Gasteiger partial charge in [-0.1, -0.05) is 11.8 Å². The summed E-state index contributed by atoms with van der Waals surface area (Å²) in [4.78, 5) is 18.7. The predicted octanol–water partition coefficient (Wildman–Crippen LogP) is 3.42. The van der Waals surface area contributed by atoms with Gasteiger partial charge in [0.15, 0.2) is 23.0 Å². The summed E-state index contributed by atoms with van der Waals surface area (Å²) >= 11 is 1.75. The third kappa shape index (κ3) is 5.50. The van der Waals surface area contributed by atoms with Crippen LogP contribution in [-0.4, -0.2) is 91.7 Å². The molecule has 0 bridgehead atoms. The number of piperidine rings is 1. The van der Waals surface area contributed by atoms with Gasteiger partial charge in [0.05, 0.1) is 32.0 Å². The topological polar surface area (TPSA) is 81.5 Å². The van der Waals surface area contributed by atoms with Crippen LogP contribution in [0.4, 0.5) is 5.82 Å². The Morgan fingerprint density at radius 1 is 1.00 bits per heavy atom.